The first-order valence-electron chi connectivity index (χ1n) is 4.84. The van der Waals surface area contributed by atoms with Crippen LogP contribution >= 0.6 is 0 Å². The van der Waals surface area contributed by atoms with E-state index in [1.54, 1.807) is 6.07 Å². The summed E-state index contributed by atoms with van der Waals surface area (Å²) in [5.74, 6) is 0.650. The molecule has 2 heterocycles. The van der Waals surface area contributed by atoms with Crippen LogP contribution in [-0.2, 0) is 0 Å². The fourth-order valence-electron chi connectivity index (χ4n) is 1.55. The summed E-state index contributed by atoms with van der Waals surface area (Å²) in [7, 11) is 0. The lowest BCUT2D eigenvalue weighted by molar-refractivity contribution is 0.985. The van der Waals surface area contributed by atoms with Gasteiger partial charge in [0, 0.05) is 6.07 Å². The van der Waals surface area contributed by atoms with Crippen molar-refractivity contribution in [3.05, 3.63) is 46.8 Å². The highest BCUT2D eigenvalue weighted by molar-refractivity contribution is 5.78. The van der Waals surface area contributed by atoms with E-state index in [0.29, 0.717) is 11.5 Å². The molecule has 0 fully saturated rings. The Morgan fingerprint density at radius 2 is 1.94 bits per heavy atom. The minimum absolute atomic E-state index is 0.222. The average molecular weight is 212 g/mol. The minimum atomic E-state index is -0.222. The van der Waals surface area contributed by atoms with E-state index in [1.165, 1.54) is 6.07 Å². The van der Waals surface area contributed by atoms with Gasteiger partial charge < -0.3 is 4.98 Å². The number of hydrogen-bond donors (Lipinski definition) is 2. The zero-order valence-corrected chi connectivity index (χ0v) is 8.27. The summed E-state index contributed by atoms with van der Waals surface area (Å²) in [6.45, 7) is 0. The maximum atomic E-state index is 10.9. The second-order valence-electron chi connectivity index (χ2n) is 3.41. The molecule has 5 nitrogen and oxygen atoms in total. The molecule has 2 aromatic heterocycles. The Kier molecular flexibility index (Phi) is 1.83. The van der Waals surface area contributed by atoms with Crippen molar-refractivity contribution in [3.63, 3.8) is 0 Å². The fraction of sp³-hybridized carbons (Fsp3) is 0. The third kappa shape index (κ3) is 1.38. The molecule has 0 atom stereocenters. The van der Waals surface area contributed by atoms with Gasteiger partial charge in [-0.3, -0.25) is 4.79 Å². The molecule has 0 spiro atoms. The summed E-state index contributed by atoms with van der Waals surface area (Å²) in [4.78, 5) is 18.4. The van der Waals surface area contributed by atoms with Gasteiger partial charge in [-0.05, 0) is 18.2 Å². The number of nitrogens with one attached hydrogen (secondary N) is 2. The molecule has 5 heteroatoms. The molecule has 0 saturated heterocycles. The predicted octanol–water partition coefficient (Wildman–Crippen LogP) is 1.31. The lowest BCUT2D eigenvalue weighted by Crippen LogP contribution is -2.05. The van der Waals surface area contributed by atoms with Crippen LogP contribution in [0.1, 0.15) is 0 Å². The van der Waals surface area contributed by atoms with Crippen molar-refractivity contribution in [3.8, 4) is 11.5 Å². The van der Waals surface area contributed by atoms with Gasteiger partial charge in [0.05, 0.1) is 11.0 Å². The highest BCUT2D eigenvalue weighted by Gasteiger charge is 2.05. The summed E-state index contributed by atoms with van der Waals surface area (Å²) < 4.78 is 0. The Bertz CT molecular complexity index is 645. The molecule has 0 aliphatic carbocycles. The monoisotopic (exact) mass is 212 g/mol. The van der Waals surface area contributed by atoms with E-state index in [0.717, 1.165) is 11.0 Å². The maximum Gasteiger partial charge on any atom is 0.264 e. The van der Waals surface area contributed by atoms with Gasteiger partial charge in [0.15, 0.2) is 5.82 Å². The Morgan fingerprint density at radius 1 is 1.06 bits per heavy atom. The fourth-order valence-corrected chi connectivity index (χ4v) is 1.55. The topological polar surface area (TPSA) is 74.4 Å². The molecule has 0 aliphatic rings. The third-order valence-electron chi connectivity index (χ3n) is 2.31. The number of H-pyrrole nitrogens is 2. The second-order valence-corrected chi connectivity index (χ2v) is 3.41. The van der Waals surface area contributed by atoms with Crippen molar-refractivity contribution in [2.45, 2.75) is 0 Å². The van der Waals surface area contributed by atoms with E-state index in [9.17, 15) is 4.79 Å². The maximum absolute atomic E-state index is 10.9. The molecule has 16 heavy (non-hydrogen) atoms. The quantitative estimate of drug-likeness (QED) is 0.638. The minimum Gasteiger partial charge on any atom is -0.337 e. The second kappa shape index (κ2) is 3.30. The first-order chi connectivity index (χ1) is 7.83. The number of aromatic nitrogens is 4. The van der Waals surface area contributed by atoms with Crippen LogP contribution < -0.4 is 5.56 Å². The first kappa shape index (κ1) is 8.84. The summed E-state index contributed by atoms with van der Waals surface area (Å²) in [5.41, 5.74) is 2.23. The average Bonchev–Trinajstić information content (AvgIpc) is 2.73. The summed E-state index contributed by atoms with van der Waals surface area (Å²) >= 11 is 0. The molecule has 3 rings (SSSR count). The number of benzene rings is 1. The number of fused-ring (bicyclic) bond motifs is 1. The van der Waals surface area contributed by atoms with Gasteiger partial charge in [-0.2, -0.15) is 5.10 Å². The molecule has 2 N–H and O–H groups in total. The SMILES string of the molecule is O=c1ccc(-c2nc3ccccc3[nH]2)n[nH]1. The number of rotatable bonds is 1. The van der Waals surface area contributed by atoms with Crippen molar-refractivity contribution < 1.29 is 0 Å². The Hall–Kier alpha value is -2.43. The van der Waals surface area contributed by atoms with E-state index in [-0.39, 0.29) is 5.56 Å². The molecule has 0 amide bonds. The van der Waals surface area contributed by atoms with E-state index >= 15 is 0 Å². The van der Waals surface area contributed by atoms with Crippen molar-refractivity contribution in [1.82, 2.24) is 20.2 Å². The summed E-state index contributed by atoms with van der Waals surface area (Å²) in [5, 5.41) is 6.29. The zero-order chi connectivity index (χ0) is 11.0. The van der Waals surface area contributed by atoms with Crippen molar-refractivity contribution in [2.24, 2.45) is 0 Å². The van der Waals surface area contributed by atoms with Crippen LogP contribution in [0, 0.1) is 0 Å². The highest BCUT2D eigenvalue weighted by Crippen LogP contribution is 2.16. The molecular formula is C11H8N4O. The Balaban J connectivity index is 2.19. The van der Waals surface area contributed by atoms with Crippen LogP contribution in [0.15, 0.2) is 41.2 Å². The van der Waals surface area contributed by atoms with E-state index in [4.69, 9.17) is 0 Å². The molecule has 0 unspecified atom stereocenters. The largest absolute Gasteiger partial charge is 0.337 e. The summed E-state index contributed by atoms with van der Waals surface area (Å²) in [6, 6.07) is 10.8. The normalized spacial score (nSPS) is 10.8. The zero-order valence-electron chi connectivity index (χ0n) is 8.27. The van der Waals surface area contributed by atoms with Crippen molar-refractivity contribution in [1.29, 1.82) is 0 Å². The number of para-hydroxylation sites is 2. The molecule has 78 valence electrons. The van der Waals surface area contributed by atoms with Gasteiger partial charge in [0.1, 0.15) is 5.69 Å². The van der Waals surface area contributed by atoms with Gasteiger partial charge in [-0.1, -0.05) is 12.1 Å². The van der Waals surface area contributed by atoms with Crippen LogP contribution in [0.25, 0.3) is 22.6 Å². The first-order valence-corrected chi connectivity index (χ1v) is 4.84. The number of aromatic amines is 2. The third-order valence-corrected chi connectivity index (χ3v) is 2.31. The van der Waals surface area contributed by atoms with Crippen LogP contribution in [0.4, 0.5) is 0 Å². The lowest BCUT2D eigenvalue weighted by atomic mass is 10.3. The van der Waals surface area contributed by atoms with Crippen molar-refractivity contribution >= 4 is 11.0 Å². The molecule has 0 radical (unpaired) electrons. The van der Waals surface area contributed by atoms with E-state index < -0.39 is 0 Å². The molecule has 0 saturated carbocycles. The van der Waals surface area contributed by atoms with E-state index in [1.807, 2.05) is 24.3 Å². The molecule has 3 aromatic rings. The molecule has 1 aromatic carbocycles. The number of imidazole rings is 1. The van der Waals surface area contributed by atoms with Gasteiger partial charge >= 0.3 is 0 Å². The van der Waals surface area contributed by atoms with Crippen molar-refractivity contribution in [2.75, 3.05) is 0 Å². The van der Waals surface area contributed by atoms with Crippen LogP contribution in [0.5, 0.6) is 0 Å². The Labute approximate surface area is 90.2 Å². The van der Waals surface area contributed by atoms with Crippen LogP contribution in [0.3, 0.4) is 0 Å². The van der Waals surface area contributed by atoms with Gasteiger partial charge in [-0.25, -0.2) is 10.1 Å². The van der Waals surface area contributed by atoms with Gasteiger partial charge in [0.25, 0.3) is 5.56 Å². The Morgan fingerprint density at radius 3 is 2.69 bits per heavy atom. The molecular weight excluding hydrogens is 204 g/mol. The van der Waals surface area contributed by atoms with Gasteiger partial charge in [0.2, 0.25) is 0 Å². The summed E-state index contributed by atoms with van der Waals surface area (Å²) in [6.07, 6.45) is 0. The van der Waals surface area contributed by atoms with Gasteiger partial charge in [-0.15, -0.1) is 0 Å². The number of hydrogen-bond acceptors (Lipinski definition) is 3. The molecule has 0 bridgehead atoms. The standard InChI is InChI=1S/C11H8N4O/c16-10-6-5-9(14-15-10)11-12-7-3-1-2-4-8(7)13-11/h1-6H,(H,12,13)(H,15,16). The van der Waals surface area contributed by atoms with Crippen LogP contribution in [-0.4, -0.2) is 20.2 Å². The predicted molar refractivity (Wildman–Crippen MR) is 59.9 cm³/mol. The smallest absolute Gasteiger partial charge is 0.264 e. The molecule has 0 aliphatic heterocycles. The van der Waals surface area contributed by atoms with E-state index in [2.05, 4.69) is 20.2 Å². The number of nitrogens with zero attached hydrogens (tertiary/aromatic N) is 2. The van der Waals surface area contributed by atoms with Crippen LogP contribution in [0.2, 0.25) is 0 Å². The highest BCUT2D eigenvalue weighted by atomic mass is 16.1. The lowest BCUT2D eigenvalue weighted by Gasteiger charge is -1.91.